The molecule has 8 heteroatoms. The lowest BCUT2D eigenvalue weighted by Crippen LogP contribution is -2.44. The van der Waals surface area contributed by atoms with Gasteiger partial charge in [-0.25, -0.2) is 8.78 Å². The first kappa shape index (κ1) is 26.5. The van der Waals surface area contributed by atoms with E-state index >= 15 is 0 Å². The summed E-state index contributed by atoms with van der Waals surface area (Å²) in [5.74, 6) is 4.03. The summed E-state index contributed by atoms with van der Waals surface area (Å²) in [6.07, 6.45) is 2.77. The van der Waals surface area contributed by atoms with Crippen LogP contribution < -0.4 is 4.74 Å². The van der Waals surface area contributed by atoms with Crippen LogP contribution in [0.25, 0.3) is 10.9 Å². The molecule has 1 N–H and O–H groups in total. The minimum absolute atomic E-state index is 0.0259. The third-order valence-corrected chi connectivity index (χ3v) is 6.98. The van der Waals surface area contributed by atoms with Crippen molar-refractivity contribution in [1.82, 2.24) is 9.88 Å². The number of halogens is 2. The second kappa shape index (κ2) is 12.1. The SMILES string of the molecule is COC(=O)[C@H]1CN(CC#Cc2c(F)cccc2F)CC[C@H]1CCC(O)c1ccnc2ccc(OC)cc12. The van der Waals surface area contributed by atoms with Crippen LogP contribution in [-0.4, -0.2) is 54.8 Å². The first-order chi connectivity index (χ1) is 17.9. The maximum atomic E-state index is 13.8. The molecule has 0 aliphatic carbocycles. The minimum atomic E-state index is -0.726. The van der Waals surface area contributed by atoms with E-state index in [1.165, 1.54) is 25.3 Å². The second-order valence-electron chi connectivity index (χ2n) is 9.19. The van der Waals surface area contributed by atoms with Gasteiger partial charge in [0.05, 0.1) is 43.9 Å². The molecule has 1 fully saturated rings. The number of carbonyl (C=O) groups excluding carboxylic acids is 1. The van der Waals surface area contributed by atoms with Gasteiger partial charge in [0.2, 0.25) is 0 Å². The Bertz CT molecular complexity index is 1300. The van der Waals surface area contributed by atoms with Gasteiger partial charge in [-0.1, -0.05) is 17.9 Å². The Labute approximate surface area is 215 Å². The highest BCUT2D eigenvalue weighted by atomic mass is 19.1. The van der Waals surface area contributed by atoms with E-state index in [9.17, 15) is 18.7 Å². The van der Waals surface area contributed by atoms with Gasteiger partial charge in [0.15, 0.2) is 0 Å². The van der Waals surface area contributed by atoms with Gasteiger partial charge in [0.1, 0.15) is 17.4 Å². The molecule has 194 valence electrons. The van der Waals surface area contributed by atoms with Crippen LogP contribution in [0.1, 0.15) is 36.5 Å². The van der Waals surface area contributed by atoms with Gasteiger partial charge < -0.3 is 14.6 Å². The quantitative estimate of drug-likeness (QED) is 0.374. The summed E-state index contributed by atoms with van der Waals surface area (Å²) in [7, 11) is 2.96. The number of piperidine rings is 1. The maximum absolute atomic E-state index is 13.8. The molecule has 2 heterocycles. The molecule has 1 aliphatic rings. The van der Waals surface area contributed by atoms with Crippen LogP contribution in [0.2, 0.25) is 0 Å². The molecule has 1 aromatic heterocycles. The minimum Gasteiger partial charge on any atom is -0.497 e. The van der Waals surface area contributed by atoms with Gasteiger partial charge in [-0.2, -0.15) is 0 Å². The Morgan fingerprint density at radius 2 is 2.00 bits per heavy atom. The molecule has 4 rings (SSSR count). The van der Waals surface area contributed by atoms with E-state index in [1.807, 2.05) is 29.2 Å². The number of aliphatic hydroxyl groups is 1. The van der Waals surface area contributed by atoms with Crippen molar-refractivity contribution in [3.63, 3.8) is 0 Å². The number of hydrogen-bond acceptors (Lipinski definition) is 6. The zero-order valence-corrected chi connectivity index (χ0v) is 20.9. The van der Waals surface area contributed by atoms with Crippen molar-refractivity contribution in [2.24, 2.45) is 11.8 Å². The lowest BCUT2D eigenvalue weighted by Gasteiger charge is -2.36. The number of nitrogens with zero attached hydrogens (tertiary/aromatic N) is 2. The lowest BCUT2D eigenvalue weighted by molar-refractivity contribution is -0.150. The van der Waals surface area contributed by atoms with E-state index in [4.69, 9.17) is 9.47 Å². The predicted molar refractivity (Wildman–Crippen MR) is 136 cm³/mol. The van der Waals surface area contributed by atoms with E-state index < -0.39 is 17.7 Å². The summed E-state index contributed by atoms with van der Waals surface area (Å²) in [5, 5.41) is 11.9. The first-order valence-electron chi connectivity index (χ1n) is 12.2. The van der Waals surface area contributed by atoms with Crippen LogP contribution in [0, 0.1) is 35.3 Å². The highest BCUT2D eigenvalue weighted by Crippen LogP contribution is 2.34. The number of hydrogen-bond donors (Lipinski definition) is 1. The fraction of sp³-hybridized carbons (Fsp3) is 0.379. The highest BCUT2D eigenvalue weighted by Gasteiger charge is 2.35. The fourth-order valence-corrected chi connectivity index (χ4v) is 4.92. The number of methoxy groups -OCH3 is 2. The third-order valence-electron chi connectivity index (χ3n) is 6.98. The van der Waals surface area contributed by atoms with E-state index in [1.54, 1.807) is 13.3 Å². The second-order valence-corrected chi connectivity index (χ2v) is 9.19. The summed E-state index contributed by atoms with van der Waals surface area (Å²) in [6, 6.07) is 11.0. The molecule has 37 heavy (non-hydrogen) atoms. The molecule has 1 aliphatic heterocycles. The van der Waals surface area contributed by atoms with Crippen molar-refractivity contribution in [1.29, 1.82) is 0 Å². The number of aliphatic hydroxyl groups excluding tert-OH is 1. The van der Waals surface area contributed by atoms with Crippen molar-refractivity contribution in [2.75, 3.05) is 33.9 Å². The Balaban J connectivity index is 1.41. The van der Waals surface area contributed by atoms with Crippen LogP contribution in [0.4, 0.5) is 8.78 Å². The topological polar surface area (TPSA) is 71.9 Å². The standard InChI is InChI=1S/C29H30F2N2O4/c1-36-20-9-10-27-23(17-20)21(12-14-32-27)28(34)11-8-19-13-16-33(18-24(19)29(35)37-2)15-4-5-22-25(30)6-3-7-26(22)31/h3,6-7,9-10,12,14,17,19,24,28,34H,8,11,13,15-16,18H2,1-2H3/t19-,24+,28?/m1/s1. The van der Waals surface area contributed by atoms with Crippen molar-refractivity contribution in [3.8, 4) is 17.6 Å². The predicted octanol–water partition coefficient (Wildman–Crippen LogP) is 4.50. The monoisotopic (exact) mass is 508 g/mol. The number of fused-ring (bicyclic) bond motifs is 1. The fourth-order valence-electron chi connectivity index (χ4n) is 4.92. The van der Waals surface area contributed by atoms with Crippen LogP contribution >= 0.6 is 0 Å². The Morgan fingerprint density at radius 1 is 1.22 bits per heavy atom. The number of likely N-dealkylation sites (tertiary alicyclic amines) is 1. The third kappa shape index (κ3) is 6.24. The molecular formula is C29H30F2N2O4. The number of rotatable bonds is 7. The van der Waals surface area contributed by atoms with Gasteiger partial charge in [0.25, 0.3) is 0 Å². The molecule has 0 radical (unpaired) electrons. The van der Waals surface area contributed by atoms with Crippen molar-refractivity contribution in [2.45, 2.75) is 25.4 Å². The largest absolute Gasteiger partial charge is 0.497 e. The molecule has 2 aromatic carbocycles. The van der Waals surface area contributed by atoms with Crippen molar-refractivity contribution in [3.05, 3.63) is 71.4 Å². The lowest BCUT2D eigenvalue weighted by atomic mass is 9.81. The Kier molecular flexibility index (Phi) is 8.70. The van der Waals surface area contributed by atoms with Gasteiger partial charge in [-0.15, -0.1) is 0 Å². The molecule has 0 spiro atoms. The molecule has 1 unspecified atom stereocenters. The summed E-state index contributed by atoms with van der Waals surface area (Å²) in [6.45, 7) is 1.39. The van der Waals surface area contributed by atoms with E-state index in [2.05, 4.69) is 16.8 Å². The summed E-state index contributed by atoms with van der Waals surface area (Å²) in [4.78, 5) is 19.0. The van der Waals surface area contributed by atoms with Gasteiger partial charge in [0, 0.05) is 18.1 Å². The normalized spacial score (nSPS) is 18.6. The summed E-state index contributed by atoms with van der Waals surface area (Å²) >= 11 is 0. The summed E-state index contributed by atoms with van der Waals surface area (Å²) < 4.78 is 38.1. The zero-order chi connectivity index (χ0) is 26.4. The van der Waals surface area contributed by atoms with Crippen LogP contribution in [-0.2, 0) is 9.53 Å². The highest BCUT2D eigenvalue weighted by molar-refractivity contribution is 5.83. The van der Waals surface area contributed by atoms with Crippen molar-refractivity contribution >= 4 is 16.9 Å². The molecular weight excluding hydrogens is 478 g/mol. The van der Waals surface area contributed by atoms with Gasteiger partial charge in [-0.05, 0) is 73.7 Å². The molecule has 3 aromatic rings. The molecule has 3 atom stereocenters. The van der Waals surface area contributed by atoms with E-state index in [0.29, 0.717) is 38.1 Å². The number of pyridine rings is 1. The van der Waals surface area contributed by atoms with Crippen LogP contribution in [0.3, 0.4) is 0 Å². The van der Waals surface area contributed by atoms with E-state index in [-0.39, 0.29) is 29.9 Å². The number of carbonyl (C=O) groups is 1. The average molecular weight is 509 g/mol. The zero-order valence-electron chi connectivity index (χ0n) is 20.9. The molecule has 1 saturated heterocycles. The van der Waals surface area contributed by atoms with E-state index in [0.717, 1.165) is 16.5 Å². The number of aromatic nitrogens is 1. The summed E-state index contributed by atoms with van der Waals surface area (Å²) in [5.41, 5.74) is 1.29. The maximum Gasteiger partial charge on any atom is 0.310 e. The average Bonchev–Trinajstić information content (AvgIpc) is 2.92. The number of ether oxygens (including phenoxy) is 2. The number of benzene rings is 2. The van der Waals surface area contributed by atoms with Crippen LogP contribution in [0.15, 0.2) is 48.7 Å². The Morgan fingerprint density at radius 3 is 2.73 bits per heavy atom. The number of esters is 1. The molecule has 0 saturated carbocycles. The Hall–Kier alpha value is -3.54. The van der Waals surface area contributed by atoms with Gasteiger partial charge in [-0.3, -0.25) is 14.7 Å². The first-order valence-corrected chi connectivity index (χ1v) is 12.2. The van der Waals surface area contributed by atoms with Crippen molar-refractivity contribution < 1.29 is 28.2 Å². The molecule has 0 bridgehead atoms. The van der Waals surface area contributed by atoms with Crippen LogP contribution in [0.5, 0.6) is 5.75 Å². The molecule has 0 amide bonds. The van der Waals surface area contributed by atoms with Gasteiger partial charge >= 0.3 is 5.97 Å². The molecule has 6 nitrogen and oxygen atoms in total. The smallest absolute Gasteiger partial charge is 0.310 e.